The first-order valence-electron chi connectivity index (χ1n) is 6.84. The summed E-state index contributed by atoms with van der Waals surface area (Å²) in [4.78, 5) is 16.1. The summed E-state index contributed by atoms with van der Waals surface area (Å²) in [5.74, 6) is -0.552. The summed E-state index contributed by atoms with van der Waals surface area (Å²) in [5, 5.41) is 13.7. The van der Waals surface area contributed by atoms with Gasteiger partial charge in [0.25, 0.3) is 5.91 Å². The van der Waals surface area contributed by atoms with Gasteiger partial charge in [-0.05, 0) is 17.7 Å². The lowest BCUT2D eigenvalue weighted by molar-refractivity contribution is 0.0835. The maximum Gasteiger partial charge on any atom is 0.270 e. The van der Waals surface area contributed by atoms with E-state index in [0.717, 1.165) is 10.6 Å². The van der Waals surface area contributed by atoms with Crippen molar-refractivity contribution < 1.29 is 19.0 Å². The van der Waals surface area contributed by atoms with E-state index < -0.39 is 0 Å². The lowest BCUT2D eigenvalue weighted by atomic mass is 10.1. The fourth-order valence-electron chi connectivity index (χ4n) is 1.81. The van der Waals surface area contributed by atoms with E-state index in [-0.39, 0.29) is 24.9 Å². The van der Waals surface area contributed by atoms with Crippen molar-refractivity contribution in [3.05, 3.63) is 51.7 Å². The molecule has 1 aromatic heterocycles. The minimum atomic E-state index is -0.282. The van der Waals surface area contributed by atoms with E-state index in [4.69, 9.17) is 9.84 Å². The monoisotopic (exact) mass is 324 g/mol. The zero-order valence-corrected chi connectivity index (χ0v) is 12.7. The third-order valence-corrected chi connectivity index (χ3v) is 3.65. The standard InChI is InChI=1S/C15H17FN2O3S/c16-12-3-1-2-11(8-12)9-14-18-13(10-22-14)15(20)17-4-6-21-7-5-19/h1-3,8,10,19H,4-7,9H2,(H,17,20). The van der Waals surface area contributed by atoms with Gasteiger partial charge in [0.05, 0.1) is 24.8 Å². The van der Waals surface area contributed by atoms with E-state index in [0.29, 0.717) is 25.3 Å². The summed E-state index contributed by atoms with van der Waals surface area (Å²) in [6, 6.07) is 6.32. The van der Waals surface area contributed by atoms with E-state index in [9.17, 15) is 9.18 Å². The van der Waals surface area contributed by atoms with Gasteiger partial charge in [0.15, 0.2) is 0 Å². The Morgan fingerprint density at radius 2 is 2.27 bits per heavy atom. The number of amides is 1. The number of benzene rings is 1. The van der Waals surface area contributed by atoms with E-state index in [2.05, 4.69) is 10.3 Å². The molecule has 1 heterocycles. The van der Waals surface area contributed by atoms with E-state index in [1.165, 1.54) is 23.5 Å². The van der Waals surface area contributed by atoms with Gasteiger partial charge in [0, 0.05) is 18.3 Å². The first-order valence-corrected chi connectivity index (χ1v) is 7.72. The minimum absolute atomic E-state index is 0.0382. The lowest BCUT2D eigenvalue weighted by Crippen LogP contribution is -2.27. The van der Waals surface area contributed by atoms with Crippen molar-refractivity contribution in [3.8, 4) is 0 Å². The maximum atomic E-state index is 13.1. The highest BCUT2D eigenvalue weighted by Gasteiger charge is 2.10. The number of hydrogen-bond acceptors (Lipinski definition) is 5. The Morgan fingerprint density at radius 3 is 3.05 bits per heavy atom. The minimum Gasteiger partial charge on any atom is -0.394 e. The topological polar surface area (TPSA) is 71.5 Å². The van der Waals surface area contributed by atoms with E-state index in [1.807, 2.05) is 6.07 Å². The number of carbonyl (C=O) groups is 1. The summed E-state index contributed by atoms with van der Waals surface area (Å²) >= 11 is 1.37. The molecule has 0 aliphatic carbocycles. The molecule has 7 heteroatoms. The van der Waals surface area contributed by atoms with Gasteiger partial charge in [-0.2, -0.15) is 0 Å². The molecule has 0 saturated carbocycles. The molecule has 0 unspecified atom stereocenters. The predicted octanol–water partition coefficient (Wildman–Crippen LogP) is 1.61. The quantitative estimate of drug-likeness (QED) is 0.724. The zero-order chi connectivity index (χ0) is 15.8. The van der Waals surface area contributed by atoms with Crippen molar-refractivity contribution in [2.75, 3.05) is 26.4 Å². The van der Waals surface area contributed by atoms with Gasteiger partial charge in [-0.25, -0.2) is 9.37 Å². The molecule has 0 radical (unpaired) electrons. The molecular weight excluding hydrogens is 307 g/mol. The van der Waals surface area contributed by atoms with Gasteiger partial charge in [0.1, 0.15) is 11.5 Å². The SMILES string of the molecule is O=C(NCCOCCO)c1csc(Cc2cccc(F)c2)n1. The number of rotatable bonds is 8. The van der Waals surface area contributed by atoms with Gasteiger partial charge < -0.3 is 15.2 Å². The summed E-state index contributed by atoms with van der Waals surface area (Å²) in [5.41, 5.74) is 1.16. The number of nitrogens with zero attached hydrogens (tertiary/aromatic N) is 1. The molecule has 1 amide bonds. The van der Waals surface area contributed by atoms with Crippen LogP contribution in [0.1, 0.15) is 21.1 Å². The van der Waals surface area contributed by atoms with Crippen LogP contribution < -0.4 is 5.32 Å². The van der Waals surface area contributed by atoms with Crippen LogP contribution in [0.2, 0.25) is 0 Å². The fourth-order valence-corrected chi connectivity index (χ4v) is 2.62. The van der Waals surface area contributed by atoms with Crippen LogP contribution in [0.25, 0.3) is 0 Å². The Bertz CT molecular complexity index is 618. The van der Waals surface area contributed by atoms with Gasteiger partial charge >= 0.3 is 0 Å². The third kappa shape index (κ3) is 5.18. The number of aliphatic hydroxyl groups excluding tert-OH is 1. The van der Waals surface area contributed by atoms with Gasteiger partial charge in [-0.1, -0.05) is 12.1 Å². The highest BCUT2D eigenvalue weighted by atomic mass is 32.1. The van der Waals surface area contributed by atoms with Crippen molar-refractivity contribution in [2.45, 2.75) is 6.42 Å². The molecule has 0 saturated heterocycles. The molecule has 2 N–H and O–H groups in total. The van der Waals surface area contributed by atoms with Crippen molar-refractivity contribution in [3.63, 3.8) is 0 Å². The van der Waals surface area contributed by atoms with E-state index in [1.54, 1.807) is 11.4 Å². The molecule has 5 nitrogen and oxygen atoms in total. The van der Waals surface area contributed by atoms with Crippen LogP contribution in [0.15, 0.2) is 29.6 Å². The Hall–Kier alpha value is -1.83. The van der Waals surface area contributed by atoms with Gasteiger partial charge in [-0.3, -0.25) is 4.79 Å². The Balaban J connectivity index is 1.84. The second-order valence-corrected chi connectivity index (χ2v) is 5.47. The molecule has 0 fully saturated rings. The third-order valence-electron chi connectivity index (χ3n) is 2.80. The first-order chi connectivity index (χ1) is 10.7. The normalized spacial score (nSPS) is 10.6. The number of ether oxygens (including phenoxy) is 1. The Labute approximate surface area is 131 Å². The smallest absolute Gasteiger partial charge is 0.270 e. The molecular formula is C15H17FN2O3S. The fraction of sp³-hybridized carbons (Fsp3) is 0.333. The largest absolute Gasteiger partial charge is 0.394 e. The second kappa shape index (κ2) is 8.57. The second-order valence-electron chi connectivity index (χ2n) is 4.53. The van der Waals surface area contributed by atoms with Crippen molar-refractivity contribution in [2.24, 2.45) is 0 Å². The molecule has 2 aromatic rings. The van der Waals surface area contributed by atoms with Crippen LogP contribution in [-0.2, 0) is 11.2 Å². The number of carbonyl (C=O) groups excluding carboxylic acids is 1. The van der Waals surface area contributed by atoms with Crippen LogP contribution in [-0.4, -0.2) is 42.4 Å². The molecule has 0 aliphatic rings. The molecule has 1 aromatic carbocycles. The number of nitrogens with one attached hydrogen (secondary N) is 1. The number of halogens is 1. The molecule has 0 spiro atoms. The maximum absolute atomic E-state index is 13.1. The molecule has 0 bridgehead atoms. The summed E-state index contributed by atoms with van der Waals surface area (Å²) in [6.07, 6.45) is 0.495. The molecule has 2 rings (SSSR count). The molecule has 0 atom stereocenters. The summed E-state index contributed by atoms with van der Waals surface area (Å²) < 4.78 is 18.2. The van der Waals surface area contributed by atoms with E-state index >= 15 is 0 Å². The van der Waals surface area contributed by atoms with Crippen LogP contribution in [0.3, 0.4) is 0 Å². The highest BCUT2D eigenvalue weighted by molar-refractivity contribution is 7.09. The number of aromatic nitrogens is 1. The predicted molar refractivity (Wildman–Crippen MR) is 81.6 cm³/mol. The number of thiazole rings is 1. The number of aliphatic hydroxyl groups is 1. The van der Waals surface area contributed by atoms with Crippen molar-refractivity contribution >= 4 is 17.2 Å². The molecule has 22 heavy (non-hydrogen) atoms. The van der Waals surface area contributed by atoms with Crippen LogP contribution in [0.5, 0.6) is 0 Å². The van der Waals surface area contributed by atoms with Crippen LogP contribution in [0, 0.1) is 5.82 Å². The van der Waals surface area contributed by atoms with Crippen molar-refractivity contribution in [1.82, 2.24) is 10.3 Å². The molecule has 0 aliphatic heterocycles. The Kier molecular flexibility index (Phi) is 6.45. The lowest BCUT2D eigenvalue weighted by Gasteiger charge is -2.03. The van der Waals surface area contributed by atoms with Gasteiger partial charge in [-0.15, -0.1) is 11.3 Å². The first kappa shape index (κ1) is 16.5. The summed E-state index contributed by atoms with van der Waals surface area (Å²) in [7, 11) is 0. The number of hydrogen-bond donors (Lipinski definition) is 2. The zero-order valence-electron chi connectivity index (χ0n) is 11.9. The van der Waals surface area contributed by atoms with Crippen molar-refractivity contribution in [1.29, 1.82) is 0 Å². The van der Waals surface area contributed by atoms with Gasteiger partial charge in [0.2, 0.25) is 0 Å². The van der Waals surface area contributed by atoms with Crippen LogP contribution >= 0.6 is 11.3 Å². The molecule has 118 valence electrons. The average molecular weight is 324 g/mol. The average Bonchev–Trinajstić information content (AvgIpc) is 2.95. The summed E-state index contributed by atoms with van der Waals surface area (Å²) in [6.45, 7) is 0.913. The highest BCUT2D eigenvalue weighted by Crippen LogP contribution is 2.15. The Morgan fingerprint density at radius 1 is 1.41 bits per heavy atom. The van der Waals surface area contributed by atoms with Crippen LogP contribution in [0.4, 0.5) is 4.39 Å².